The first-order valence-electron chi connectivity index (χ1n) is 29.1. The molecule has 2 heteroatoms. The lowest BCUT2D eigenvalue weighted by Crippen LogP contribution is -2.12. The SMILES string of the molecule is Cc1cc(N(c2ccccc2)c2ccc(-n3c4ccc(-c5ccccc5-c5ccccc5)cc4c4cc(-c5ccccc5-c5ccccc5)ccc43)cc2)c(C)cc1-c1c2ccccc2c(-c2ccccc2-c2ccccc2)c2ccccc12. The second-order valence-electron chi connectivity index (χ2n) is 22.0. The minimum absolute atomic E-state index is 1.08. The average Bonchev–Trinajstić information content (AvgIpc) is 1.62. The van der Waals surface area contributed by atoms with E-state index >= 15 is 0 Å². The van der Waals surface area contributed by atoms with Gasteiger partial charge in [-0.1, -0.05) is 243 Å². The molecule has 0 unspecified atom stereocenters. The van der Waals surface area contributed by atoms with Gasteiger partial charge in [-0.25, -0.2) is 0 Å². The molecular weight excluding hydrogens is 1010 g/mol. The van der Waals surface area contributed by atoms with Crippen LogP contribution < -0.4 is 4.90 Å². The van der Waals surface area contributed by atoms with Crippen LogP contribution in [-0.4, -0.2) is 4.57 Å². The molecule has 0 N–H and O–H groups in total. The summed E-state index contributed by atoms with van der Waals surface area (Å²) in [5.41, 5.74) is 26.2. The summed E-state index contributed by atoms with van der Waals surface area (Å²) in [7, 11) is 0. The first kappa shape index (κ1) is 50.2. The van der Waals surface area contributed by atoms with E-state index in [9.17, 15) is 0 Å². The van der Waals surface area contributed by atoms with Crippen LogP contribution in [0.5, 0.6) is 0 Å². The molecule has 0 amide bonds. The summed E-state index contributed by atoms with van der Waals surface area (Å²) in [4.78, 5) is 2.43. The van der Waals surface area contributed by atoms with E-state index in [1.165, 1.54) is 121 Å². The van der Waals surface area contributed by atoms with Crippen LogP contribution >= 0.6 is 0 Å². The van der Waals surface area contributed by atoms with E-state index in [2.05, 4.69) is 339 Å². The van der Waals surface area contributed by atoms with Gasteiger partial charge in [-0.3, -0.25) is 0 Å². The molecule has 396 valence electrons. The Balaban J connectivity index is 0.864. The number of aryl methyl sites for hydroxylation is 2. The number of hydrogen-bond acceptors (Lipinski definition) is 1. The highest BCUT2D eigenvalue weighted by Gasteiger charge is 2.24. The van der Waals surface area contributed by atoms with E-state index in [1.54, 1.807) is 0 Å². The maximum absolute atomic E-state index is 2.45. The number of rotatable bonds is 11. The van der Waals surface area contributed by atoms with Gasteiger partial charge in [0.15, 0.2) is 0 Å². The van der Waals surface area contributed by atoms with Crippen molar-refractivity contribution in [1.82, 2.24) is 4.57 Å². The van der Waals surface area contributed by atoms with E-state index in [-0.39, 0.29) is 0 Å². The van der Waals surface area contributed by atoms with Gasteiger partial charge in [-0.05, 0) is 197 Å². The summed E-state index contributed by atoms with van der Waals surface area (Å²) in [5, 5.41) is 7.38. The third kappa shape index (κ3) is 8.75. The Bertz CT molecular complexity index is 4750. The largest absolute Gasteiger partial charge is 0.310 e. The zero-order valence-corrected chi connectivity index (χ0v) is 46.9. The van der Waals surface area contributed by atoms with Crippen molar-refractivity contribution in [2.24, 2.45) is 0 Å². The highest BCUT2D eigenvalue weighted by molar-refractivity contribution is 6.23. The Kier molecular flexibility index (Phi) is 12.7. The van der Waals surface area contributed by atoms with Gasteiger partial charge in [0.1, 0.15) is 0 Å². The second-order valence-corrected chi connectivity index (χ2v) is 22.0. The molecule has 1 heterocycles. The summed E-state index contributed by atoms with van der Waals surface area (Å²) < 4.78 is 2.45. The van der Waals surface area contributed by atoms with Gasteiger partial charge in [0.25, 0.3) is 0 Å². The molecule has 15 aromatic rings. The van der Waals surface area contributed by atoms with E-state index in [0.717, 1.165) is 33.8 Å². The van der Waals surface area contributed by atoms with E-state index < -0.39 is 0 Å². The Morgan fingerprint density at radius 2 is 0.583 bits per heavy atom. The molecule has 0 saturated heterocycles. The predicted molar refractivity (Wildman–Crippen MR) is 358 cm³/mol. The lowest BCUT2D eigenvalue weighted by atomic mass is 9.82. The lowest BCUT2D eigenvalue weighted by molar-refractivity contribution is 1.17. The van der Waals surface area contributed by atoms with Crippen molar-refractivity contribution in [2.75, 3.05) is 4.90 Å². The molecule has 0 atom stereocenters. The van der Waals surface area contributed by atoms with Crippen molar-refractivity contribution in [3.05, 3.63) is 327 Å². The van der Waals surface area contributed by atoms with Gasteiger partial charge in [0.2, 0.25) is 0 Å². The Hall–Kier alpha value is -10.8. The first-order chi connectivity index (χ1) is 41.5. The van der Waals surface area contributed by atoms with Gasteiger partial charge >= 0.3 is 0 Å². The first-order valence-corrected chi connectivity index (χ1v) is 29.1. The zero-order valence-electron chi connectivity index (χ0n) is 46.9. The molecule has 84 heavy (non-hydrogen) atoms. The molecule has 0 aliphatic heterocycles. The standard InChI is InChI=1S/C82H58N2/c1-55-52-80(56(2)51-75(55)82-73-41-23-21-39-71(73)81(72-40-22-24-42-74(72)82)70-38-20-19-35-67(70)59-29-11-5-12-30-59)83(62-31-13-6-14-32-62)63-45-47-64(48-46-63)84-78-49-43-60(68-36-17-15-33-65(68)57-25-7-3-8-26-57)53-76(78)77-54-61(44-50-79(77)84)69-37-18-16-34-66(69)58-27-9-4-10-28-58/h3-54H,1-2H3. The van der Waals surface area contributed by atoms with Crippen molar-refractivity contribution >= 4 is 60.4 Å². The average molecular weight is 1070 g/mol. The molecule has 1 aromatic heterocycles. The molecule has 15 rings (SSSR count). The predicted octanol–water partition coefficient (Wildman–Crippen LogP) is 22.8. The normalized spacial score (nSPS) is 11.5. The number of para-hydroxylation sites is 1. The van der Waals surface area contributed by atoms with Crippen molar-refractivity contribution in [3.63, 3.8) is 0 Å². The lowest BCUT2D eigenvalue weighted by Gasteiger charge is -2.29. The highest BCUT2D eigenvalue weighted by atomic mass is 15.1. The van der Waals surface area contributed by atoms with Crippen molar-refractivity contribution in [2.45, 2.75) is 13.8 Å². The fraction of sp³-hybridized carbons (Fsp3) is 0.0244. The van der Waals surface area contributed by atoms with Crippen LogP contribution in [0.25, 0.3) is 127 Å². The summed E-state index contributed by atoms with van der Waals surface area (Å²) in [6.45, 7) is 4.56. The minimum Gasteiger partial charge on any atom is -0.310 e. The van der Waals surface area contributed by atoms with Crippen LogP contribution in [0.1, 0.15) is 11.1 Å². The number of nitrogens with zero attached hydrogens (tertiary/aromatic N) is 2. The van der Waals surface area contributed by atoms with Gasteiger partial charge in [0.05, 0.1) is 11.0 Å². The Morgan fingerprint density at radius 3 is 1.02 bits per heavy atom. The number of aromatic nitrogens is 1. The fourth-order valence-corrected chi connectivity index (χ4v) is 13.2. The number of hydrogen-bond donors (Lipinski definition) is 0. The second kappa shape index (κ2) is 21.3. The Morgan fingerprint density at radius 1 is 0.238 bits per heavy atom. The van der Waals surface area contributed by atoms with Crippen LogP contribution in [-0.2, 0) is 0 Å². The van der Waals surface area contributed by atoms with Crippen LogP contribution in [0.2, 0.25) is 0 Å². The fourth-order valence-electron chi connectivity index (χ4n) is 13.2. The Labute approximate surface area is 491 Å². The monoisotopic (exact) mass is 1070 g/mol. The van der Waals surface area contributed by atoms with Gasteiger partial charge < -0.3 is 9.47 Å². The maximum atomic E-state index is 2.45. The summed E-state index contributed by atoms with van der Waals surface area (Å²) in [6, 6.07) is 116. The molecule has 0 aliphatic rings. The quantitative estimate of drug-likeness (QED) is 0.117. The van der Waals surface area contributed by atoms with Crippen molar-refractivity contribution in [3.8, 4) is 83.6 Å². The number of benzene rings is 14. The molecule has 0 bridgehead atoms. The smallest absolute Gasteiger partial charge is 0.0541 e. The van der Waals surface area contributed by atoms with Crippen molar-refractivity contribution < 1.29 is 0 Å². The van der Waals surface area contributed by atoms with Crippen molar-refractivity contribution in [1.29, 1.82) is 0 Å². The molecule has 0 fully saturated rings. The summed E-state index contributed by atoms with van der Waals surface area (Å²) >= 11 is 0. The molecule has 0 aliphatic carbocycles. The van der Waals surface area contributed by atoms with E-state index in [4.69, 9.17) is 0 Å². The number of anilines is 3. The van der Waals surface area contributed by atoms with Gasteiger partial charge in [-0.15, -0.1) is 0 Å². The van der Waals surface area contributed by atoms with Crippen LogP contribution in [0.4, 0.5) is 17.1 Å². The van der Waals surface area contributed by atoms with Crippen LogP contribution in [0.15, 0.2) is 315 Å². The maximum Gasteiger partial charge on any atom is 0.0541 e. The van der Waals surface area contributed by atoms with E-state index in [0.29, 0.717) is 0 Å². The van der Waals surface area contributed by atoms with Crippen LogP contribution in [0, 0.1) is 13.8 Å². The molecule has 0 spiro atoms. The number of fused-ring (bicyclic) bond motifs is 5. The molecule has 14 aromatic carbocycles. The summed E-state index contributed by atoms with van der Waals surface area (Å²) in [5.74, 6) is 0. The zero-order chi connectivity index (χ0) is 56.1. The molecule has 0 radical (unpaired) electrons. The van der Waals surface area contributed by atoms with Gasteiger partial charge in [0, 0.05) is 33.5 Å². The highest BCUT2D eigenvalue weighted by Crippen LogP contribution is 2.49. The molecule has 2 nitrogen and oxygen atoms in total. The van der Waals surface area contributed by atoms with Gasteiger partial charge in [-0.2, -0.15) is 0 Å². The van der Waals surface area contributed by atoms with E-state index in [1.807, 2.05) is 0 Å². The minimum atomic E-state index is 1.08. The van der Waals surface area contributed by atoms with Crippen LogP contribution in [0.3, 0.4) is 0 Å². The third-order valence-electron chi connectivity index (χ3n) is 17.1. The topological polar surface area (TPSA) is 8.17 Å². The molecule has 0 saturated carbocycles. The third-order valence-corrected chi connectivity index (χ3v) is 17.1. The summed E-state index contributed by atoms with van der Waals surface area (Å²) in [6.07, 6.45) is 0. The molecular formula is C82H58N2.